The number of Topliss-reactive ketones (excluding diaryl/α,β-unsaturated/α-hetero) is 1. The van der Waals surface area contributed by atoms with E-state index in [1.54, 1.807) is 46.8 Å². The van der Waals surface area contributed by atoms with Crippen molar-refractivity contribution in [3.63, 3.8) is 0 Å². The Balaban J connectivity index is 1.94. The molecule has 4 aliphatic rings. The van der Waals surface area contributed by atoms with Crippen molar-refractivity contribution in [1.82, 2.24) is 0 Å². The number of ketones is 1. The van der Waals surface area contributed by atoms with Crippen LogP contribution in [0.25, 0.3) is 0 Å². The highest BCUT2D eigenvalue weighted by atomic mass is 16.6. The number of carbonyl (C=O) groups excluding carboxylic acids is 3. The lowest BCUT2D eigenvalue weighted by molar-refractivity contribution is -0.231. The summed E-state index contributed by atoms with van der Waals surface area (Å²) >= 11 is 0. The van der Waals surface area contributed by atoms with Crippen LogP contribution in [0, 0.1) is 40.9 Å². The molecule has 4 rings (SSSR count). The van der Waals surface area contributed by atoms with Gasteiger partial charge in [-0.25, -0.2) is 0 Å². The van der Waals surface area contributed by atoms with E-state index in [1.807, 2.05) is 20.8 Å². The van der Waals surface area contributed by atoms with E-state index in [0.717, 1.165) is 0 Å². The van der Waals surface area contributed by atoms with Gasteiger partial charge in [-0.2, -0.15) is 0 Å². The first-order valence-corrected chi connectivity index (χ1v) is 13.5. The lowest BCUT2D eigenvalue weighted by Crippen LogP contribution is -2.66. The summed E-state index contributed by atoms with van der Waals surface area (Å²) in [7, 11) is 0. The number of aliphatic hydroxyl groups excluding tert-OH is 1. The van der Waals surface area contributed by atoms with E-state index in [4.69, 9.17) is 9.47 Å². The minimum absolute atomic E-state index is 0.115. The van der Waals surface area contributed by atoms with Gasteiger partial charge < -0.3 is 24.8 Å². The van der Waals surface area contributed by atoms with Crippen molar-refractivity contribution in [2.24, 2.45) is 40.9 Å². The molecule has 0 saturated heterocycles. The SMILES string of the molecule is CC[C@H](C)C(=O)O[C@@H]1[C@H](C)[C@]2(O)[C@H](C=C(CO)C[C@]3(O)C(=O)C(C)=C[C@H]23)[C@@H]2C(C)(C)[C@]12OC(=O)C(C)C. The Labute approximate surface area is 219 Å². The Morgan fingerprint density at radius 1 is 1.14 bits per heavy atom. The number of carbonyl (C=O) groups is 3. The Morgan fingerprint density at radius 2 is 1.76 bits per heavy atom. The largest absolute Gasteiger partial charge is 0.457 e. The number of ether oxygens (including phenoxy) is 2. The average Bonchev–Trinajstić information content (AvgIpc) is 3.26. The van der Waals surface area contributed by atoms with E-state index in [0.29, 0.717) is 17.6 Å². The number of fused-ring (bicyclic) bond motifs is 5. The Bertz CT molecular complexity index is 1070. The molecule has 0 amide bonds. The molecule has 0 aromatic rings. The van der Waals surface area contributed by atoms with Crippen molar-refractivity contribution in [3.8, 4) is 0 Å². The van der Waals surface area contributed by atoms with Crippen molar-refractivity contribution in [2.45, 2.75) is 91.1 Å². The maximum Gasteiger partial charge on any atom is 0.309 e. The fourth-order valence-electron chi connectivity index (χ4n) is 7.52. The molecular formula is C29H42O8. The van der Waals surface area contributed by atoms with E-state index in [1.165, 1.54) is 0 Å². The van der Waals surface area contributed by atoms with Crippen LogP contribution in [0.1, 0.15) is 68.2 Å². The van der Waals surface area contributed by atoms with Gasteiger partial charge in [0, 0.05) is 35.5 Å². The molecule has 0 aliphatic heterocycles. The van der Waals surface area contributed by atoms with Gasteiger partial charge in [-0.1, -0.05) is 60.6 Å². The zero-order chi connectivity index (χ0) is 27.9. The van der Waals surface area contributed by atoms with Crippen LogP contribution in [0.4, 0.5) is 0 Å². The van der Waals surface area contributed by atoms with Gasteiger partial charge in [-0.15, -0.1) is 0 Å². The maximum absolute atomic E-state index is 13.2. The summed E-state index contributed by atoms with van der Waals surface area (Å²) in [6.45, 7) is 13.9. The highest BCUT2D eigenvalue weighted by Gasteiger charge is 2.88. The maximum atomic E-state index is 13.2. The molecule has 0 heterocycles. The van der Waals surface area contributed by atoms with Gasteiger partial charge in [0.05, 0.1) is 24.0 Å². The highest BCUT2D eigenvalue weighted by Crippen LogP contribution is 2.77. The van der Waals surface area contributed by atoms with Gasteiger partial charge in [0.15, 0.2) is 11.4 Å². The van der Waals surface area contributed by atoms with Crippen LogP contribution in [0.3, 0.4) is 0 Å². The van der Waals surface area contributed by atoms with E-state index in [9.17, 15) is 29.7 Å². The molecule has 9 atom stereocenters. The molecule has 2 fully saturated rings. The summed E-state index contributed by atoms with van der Waals surface area (Å²) in [6.07, 6.45) is 2.81. The fourth-order valence-corrected chi connectivity index (χ4v) is 7.52. The Hall–Kier alpha value is -2.03. The zero-order valence-electron chi connectivity index (χ0n) is 23.2. The molecular weight excluding hydrogens is 476 g/mol. The summed E-state index contributed by atoms with van der Waals surface area (Å²) < 4.78 is 12.4. The first kappa shape index (κ1) is 28.0. The van der Waals surface area contributed by atoms with E-state index >= 15 is 0 Å². The molecule has 0 unspecified atom stereocenters. The fraction of sp³-hybridized carbons (Fsp3) is 0.759. The molecule has 0 bridgehead atoms. The number of hydrogen-bond donors (Lipinski definition) is 3. The predicted octanol–water partition coefficient (Wildman–Crippen LogP) is 2.73. The molecule has 0 aromatic heterocycles. The molecule has 0 spiro atoms. The first-order chi connectivity index (χ1) is 17.0. The van der Waals surface area contributed by atoms with Crippen LogP contribution >= 0.6 is 0 Å². The third-order valence-corrected chi connectivity index (χ3v) is 9.96. The number of aliphatic hydroxyl groups is 3. The second kappa shape index (κ2) is 8.75. The summed E-state index contributed by atoms with van der Waals surface area (Å²) in [5.74, 6) is -5.15. The third-order valence-electron chi connectivity index (χ3n) is 9.96. The highest BCUT2D eigenvalue weighted by molar-refractivity contribution is 6.04. The van der Waals surface area contributed by atoms with E-state index in [2.05, 4.69) is 0 Å². The normalized spacial score (nSPS) is 42.5. The summed E-state index contributed by atoms with van der Waals surface area (Å²) in [5.41, 5.74) is -4.78. The van der Waals surface area contributed by atoms with Gasteiger partial charge in [-0.05, 0) is 24.5 Å². The molecule has 3 N–H and O–H groups in total. The minimum Gasteiger partial charge on any atom is -0.457 e. The van der Waals surface area contributed by atoms with E-state index in [-0.39, 0.29) is 13.0 Å². The second-order valence-corrected chi connectivity index (χ2v) is 12.7. The molecule has 2 saturated carbocycles. The first-order valence-electron chi connectivity index (χ1n) is 13.5. The average molecular weight is 519 g/mol. The summed E-state index contributed by atoms with van der Waals surface area (Å²) in [6, 6.07) is 0. The van der Waals surface area contributed by atoms with Crippen LogP contribution in [0.15, 0.2) is 23.3 Å². The standard InChI is InChI=1S/C29H42O8/c1-9-15(4)25(33)36-23-17(6)28(35)19(21-26(7,8)29(21,23)37-24(32)14(2)3)11-18(13-30)12-27(34)20(28)10-16(5)22(27)31/h10-11,14-15,17,19-21,23,30,34-35H,9,12-13H2,1-8H3/t15-,17-,19+,20-,21+,23+,27+,28-,29+/m0/s1. The molecule has 4 aliphatic carbocycles. The van der Waals surface area contributed by atoms with Gasteiger partial charge in [0.1, 0.15) is 11.7 Å². The number of rotatable bonds is 6. The second-order valence-electron chi connectivity index (χ2n) is 12.7. The van der Waals surface area contributed by atoms with Gasteiger partial charge in [0.25, 0.3) is 0 Å². The molecule has 37 heavy (non-hydrogen) atoms. The van der Waals surface area contributed by atoms with Gasteiger partial charge in [0.2, 0.25) is 0 Å². The lowest BCUT2D eigenvalue weighted by atomic mass is 9.59. The third kappa shape index (κ3) is 3.54. The van der Waals surface area contributed by atoms with Crippen molar-refractivity contribution in [2.75, 3.05) is 6.61 Å². The minimum atomic E-state index is -1.94. The van der Waals surface area contributed by atoms with E-state index < -0.39 is 81.6 Å². The monoisotopic (exact) mass is 518 g/mol. The number of esters is 2. The summed E-state index contributed by atoms with van der Waals surface area (Å²) in [5, 5.41) is 34.6. The van der Waals surface area contributed by atoms with Crippen LogP contribution in [-0.2, 0) is 23.9 Å². The van der Waals surface area contributed by atoms with Crippen LogP contribution in [0.5, 0.6) is 0 Å². The van der Waals surface area contributed by atoms with Crippen LogP contribution in [0.2, 0.25) is 0 Å². The lowest BCUT2D eigenvalue weighted by Gasteiger charge is -2.53. The molecule has 0 aromatic carbocycles. The zero-order valence-corrected chi connectivity index (χ0v) is 23.2. The van der Waals surface area contributed by atoms with Crippen molar-refractivity contribution in [1.29, 1.82) is 0 Å². The van der Waals surface area contributed by atoms with Crippen LogP contribution in [-0.4, -0.2) is 62.6 Å². The van der Waals surface area contributed by atoms with Gasteiger partial charge >= 0.3 is 11.9 Å². The summed E-state index contributed by atoms with van der Waals surface area (Å²) in [4.78, 5) is 39.4. The topological polar surface area (TPSA) is 130 Å². The molecule has 0 radical (unpaired) electrons. The van der Waals surface area contributed by atoms with Crippen molar-refractivity contribution in [3.05, 3.63) is 23.3 Å². The van der Waals surface area contributed by atoms with Gasteiger partial charge in [-0.3, -0.25) is 14.4 Å². The van der Waals surface area contributed by atoms with Crippen molar-refractivity contribution < 1.29 is 39.2 Å². The molecule has 8 nitrogen and oxygen atoms in total. The predicted molar refractivity (Wildman–Crippen MR) is 135 cm³/mol. The Kier molecular flexibility index (Phi) is 6.62. The number of hydrogen-bond acceptors (Lipinski definition) is 8. The van der Waals surface area contributed by atoms with Crippen molar-refractivity contribution >= 4 is 17.7 Å². The molecule has 206 valence electrons. The quantitative estimate of drug-likeness (QED) is 0.361. The molecule has 8 heteroatoms. The Morgan fingerprint density at radius 3 is 2.30 bits per heavy atom. The van der Waals surface area contributed by atoms with Crippen LogP contribution < -0.4 is 0 Å². The smallest absolute Gasteiger partial charge is 0.309 e.